The Morgan fingerprint density at radius 3 is 2.74 bits per heavy atom. The van der Waals surface area contributed by atoms with Crippen molar-refractivity contribution in [3.8, 4) is 0 Å². The van der Waals surface area contributed by atoms with Gasteiger partial charge >= 0.3 is 0 Å². The Morgan fingerprint density at radius 1 is 1.26 bits per heavy atom. The first-order valence-electron chi connectivity index (χ1n) is 7.96. The minimum Gasteiger partial charge on any atom is -0.367 e. The van der Waals surface area contributed by atoms with Gasteiger partial charge < -0.3 is 5.32 Å². The first kappa shape index (κ1) is 19.4. The van der Waals surface area contributed by atoms with Gasteiger partial charge in [-0.25, -0.2) is 22.1 Å². The first-order chi connectivity index (χ1) is 12.9. The Labute approximate surface area is 154 Å². The Bertz CT molecular complexity index is 888. The highest BCUT2D eigenvalue weighted by Gasteiger charge is 2.37. The molecule has 7 nitrogen and oxygen atoms in total. The van der Waals surface area contributed by atoms with E-state index in [0.29, 0.717) is 6.07 Å². The van der Waals surface area contributed by atoms with Gasteiger partial charge in [0.05, 0.1) is 5.56 Å². The number of ketones is 1. The standard InChI is InChI=1S/C16H15F3N4O3S/c17-10-6-8(2-1-3-23-27(25)26)12(18)11(13(10)19)15(24)9-7-22-16-14(9)20-4-5-21-16/h4-7,14,16,22-23H,1-3H2,(H,25,26). The monoisotopic (exact) mass is 400 g/mol. The van der Waals surface area contributed by atoms with Crippen molar-refractivity contribution in [1.29, 1.82) is 0 Å². The van der Waals surface area contributed by atoms with Gasteiger partial charge in [0.1, 0.15) is 18.0 Å². The van der Waals surface area contributed by atoms with Crippen molar-refractivity contribution in [3.05, 3.63) is 46.4 Å². The Kier molecular flexibility index (Phi) is 5.82. The Hall–Kier alpha value is -2.37. The number of halogens is 3. The molecule has 144 valence electrons. The van der Waals surface area contributed by atoms with Gasteiger partial charge in [-0.05, 0) is 24.5 Å². The molecule has 0 saturated heterocycles. The second-order valence-corrected chi connectivity index (χ2v) is 6.64. The van der Waals surface area contributed by atoms with Gasteiger partial charge in [0.25, 0.3) is 0 Å². The highest BCUT2D eigenvalue weighted by atomic mass is 32.2. The maximum Gasteiger partial charge on any atom is 0.231 e. The third kappa shape index (κ3) is 3.99. The molecule has 2 aliphatic heterocycles. The third-order valence-corrected chi connectivity index (χ3v) is 4.61. The number of nitrogens with zero attached hydrogens (tertiary/aromatic N) is 2. The van der Waals surface area contributed by atoms with E-state index in [9.17, 15) is 22.2 Å². The van der Waals surface area contributed by atoms with E-state index in [1.54, 1.807) is 0 Å². The van der Waals surface area contributed by atoms with E-state index in [-0.39, 0.29) is 30.5 Å². The second kappa shape index (κ2) is 8.11. The van der Waals surface area contributed by atoms with Crippen molar-refractivity contribution in [2.45, 2.75) is 25.0 Å². The van der Waals surface area contributed by atoms with Crippen LogP contribution in [0.4, 0.5) is 13.2 Å². The summed E-state index contributed by atoms with van der Waals surface area (Å²) in [6, 6.07) is -0.0541. The zero-order valence-electron chi connectivity index (χ0n) is 13.8. The summed E-state index contributed by atoms with van der Waals surface area (Å²) >= 11 is -2.23. The fourth-order valence-electron chi connectivity index (χ4n) is 2.89. The molecule has 3 rings (SSSR count). The average Bonchev–Trinajstić information content (AvgIpc) is 3.06. The van der Waals surface area contributed by atoms with Crippen molar-refractivity contribution >= 4 is 29.5 Å². The Balaban J connectivity index is 1.86. The number of carbonyl (C=O) groups is 1. The summed E-state index contributed by atoms with van der Waals surface area (Å²) in [5.41, 5.74) is -1.20. The average molecular weight is 400 g/mol. The number of aryl methyl sites for hydroxylation is 1. The van der Waals surface area contributed by atoms with Gasteiger partial charge in [0.2, 0.25) is 11.3 Å². The lowest BCUT2D eigenvalue weighted by Crippen LogP contribution is -2.32. The molecule has 0 spiro atoms. The topological polar surface area (TPSA) is 103 Å². The lowest BCUT2D eigenvalue weighted by atomic mass is 9.94. The van der Waals surface area contributed by atoms with E-state index in [2.05, 4.69) is 20.0 Å². The molecule has 1 aromatic rings. The van der Waals surface area contributed by atoms with Crippen molar-refractivity contribution in [2.75, 3.05) is 6.54 Å². The zero-order valence-corrected chi connectivity index (χ0v) is 14.6. The summed E-state index contributed by atoms with van der Waals surface area (Å²) in [5, 5.41) is 2.79. The first-order valence-corrected chi connectivity index (χ1v) is 9.07. The van der Waals surface area contributed by atoms with Crippen molar-refractivity contribution in [2.24, 2.45) is 9.98 Å². The summed E-state index contributed by atoms with van der Waals surface area (Å²) in [6.45, 7) is 0.0520. The SMILES string of the molecule is O=C(C1=CNC2N=CC=NC12)c1c(F)c(F)cc(CCCNS(=O)O)c1F. The number of Topliss-reactive ketones (excluding diaryl/α,β-unsaturated/α-hetero) is 1. The fraction of sp³-hybridized carbons (Fsp3) is 0.312. The molecule has 2 aliphatic rings. The highest BCUT2D eigenvalue weighted by Crippen LogP contribution is 2.28. The van der Waals surface area contributed by atoms with Gasteiger partial charge in [-0.3, -0.25) is 19.3 Å². The minimum absolute atomic E-state index is 0.0141. The lowest BCUT2D eigenvalue weighted by molar-refractivity contribution is 0.102. The molecule has 0 aromatic heterocycles. The number of fused-ring (bicyclic) bond motifs is 1. The molecule has 27 heavy (non-hydrogen) atoms. The van der Waals surface area contributed by atoms with E-state index in [4.69, 9.17) is 4.55 Å². The molecule has 0 saturated carbocycles. The molecule has 0 bridgehead atoms. The summed E-state index contributed by atoms with van der Waals surface area (Å²) in [6.07, 6.45) is 3.66. The molecule has 3 unspecified atom stereocenters. The smallest absolute Gasteiger partial charge is 0.231 e. The van der Waals surface area contributed by atoms with Crippen LogP contribution < -0.4 is 10.0 Å². The van der Waals surface area contributed by atoms with E-state index in [0.717, 1.165) is 0 Å². The molecule has 11 heteroatoms. The number of rotatable bonds is 7. The molecule has 1 aromatic carbocycles. The van der Waals surface area contributed by atoms with Gasteiger partial charge in [-0.1, -0.05) is 0 Å². The predicted octanol–water partition coefficient (Wildman–Crippen LogP) is 1.28. The number of benzene rings is 1. The molecule has 2 heterocycles. The van der Waals surface area contributed by atoms with Crippen LogP contribution in [0.15, 0.2) is 27.8 Å². The summed E-state index contributed by atoms with van der Waals surface area (Å²) in [4.78, 5) is 20.8. The van der Waals surface area contributed by atoms with Gasteiger partial charge in [0, 0.05) is 30.7 Å². The number of carbonyl (C=O) groups excluding carboxylic acids is 1. The molecule has 3 N–H and O–H groups in total. The van der Waals surface area contributed by atoms with Crippen LogP contribution in [0.1, 0.15) is 22.3 Å². The summed E-state index contributed by atoms with van der Waals surface area (Å²) < 4.78 is 64.3. The van der Waals surface area contributed by atoms with E-state index < -0.39 is 52.3 Å². The quantitative estimate of drug-likeness (QED) is 0.278. The number of hydrogen-bond acceptors (Lipinski definition) is 5. The largest absolute Gasteiger partial charge is 0.367 e. The van der Waals surface area contributed by atoms with Crippen LogP contribution in [0.5, 0.6) is 0 Å². The van der Waals surface area contributed by atoms with Crippen LogP contribution >= 0.6 is 0 Å². The maximum atomic E-state index is 14.8. The summed E-state index contributed by atoms with van der Waals surface area (Å²) in [7, 11) is 0. The normalized spacial score (nSPS) is 21.6. The van der Waals surface area contributed by atoms with Crippen LogP contribution in [-0.2, 0) is 17.7 Å². The second-order valence-electron chi connectivity index (χ2n) is 5.85. The van der Waals surface area contributed by atoms with Gasteiger partial charge in [-0.2, -0.15) is 0 Å². The van der Waals surface area contributed by atoms with Crippen molar-refractivity contribution in [3.63, 3.8) is 0 Å². The van der Waals surface area contributed by atoms with Gasteiger partial charge in [-0.15, -0.1) is 0 Å². The van der Waals surface area contributed by atoms with Crippen LogP contribution in [0.2, 0.25) is 0 Å². The molecule has 3 atom stereocenters. The summed E-state index contributed by atoms with van der Waals surface area (Å²) in [5.74, 6) is -5.07. The number of hydrogen-bond donors (Lipinski definition) is 3. The van der Waals surface area contributed by atoms with E-state index in [1.807, 2.05) is 0 Å². The third-order valence-electron chi connectivity index (χ3n) is 4.16. The van der Waals surface area contributed by atoms with Gasteiger partial charge in [0.15, 0.2) is 17.4 Å². The highest BCUT2D eigenvalue weighted by molar-refractivity contribution is 7.77. The lowest BCUT2D eigenvalue weighted by Gasteiger charge is -2.17. The number of aliphatic imine (C=N–C) groups is 2. The molecule has 0 radical (unpaired) electrons. The molecule has 0 amide bonds. The van der Waals surface area contributed by atoms with E-state index in [1.165, 1.54) is 18.6 Å². The number of nitrogens with one attached hydrogen (secondary N) is 2. The molecule has 0 fully saturated rings. The molecule has 0 aliphatic carbocycles. The molecular formula is C16H15F3N4O3S. The van der Waals surface area contributed by atoms with Crippen LogP contribution in [0.3, 0.4) is 0 Å². The van der Waals surface area contributed by atoms with E-state index >= 15 is 0 Å². The maximum absolute atomic E-state index is 14.8. The zero-order chi connectivity index (χ0) is 19.6. The van der Waals surface area contributed by atoms with Crippen molar-refractivity contribution in [1.82, 2.24) is 10.0 Å². The minimum atomic E-state index is -2.23. The Morgan fingerprint density at radius 2 is 2.00 bits per heavy atom. The van der Waals surface area contributed by atoms with Crippen LogP contribution in [0.25, 0.3) is 0 Å². The van der Waals surface area contributed by atoms with Crippen LogP contribution in [-0.4, -0.2) is 45.7 Å². The van der Waals surface area contributed by atoms with Crippen LogP contribution in [0, 0.1) is 17.5 Å². The predicted molar refractivity (Wildman–Crippen MR) is 93.5 cm³/mol. The molecular weight excluding hydrogens is 385 g/mol. The van der Waals surface area contributed by atoms with Crippen molar-refractivity contribution < 1.29 is 26.7 Å². The fourth-order valence-corrected chi connectivity index (χ4v) is 3.21.